The number of aliphatic imine (C=N–C) groups is 1. The van der Waals surface area contributed by atoms with Gasteiger partial charge in [0.1, 0.15) is 0 Å². The molecule has 0 saturated heterocycles. The van der Waals surface area contributed by atoms with Crippen molar-refractivity contribution >= 4 is 17.4 Å². The highest BCUT2D eigenvalue weighted by atomic mass is 16.1. The van der Waals surface area contributed by atoms with E-state index in [0.717, 1.165) is 12.8 Å². The van der Waals surface area contributed by atoms with Crippen LogP contribution in [0.3, 0.4) is 0 Å². The number of aryl methyl sites for hydroxylation is 1. The van der Waals surface area contributed by atoms with Crippen LogP contribution >= 0.6 is 0 Å². The van der Waals surface area contributed by atoms with Gasteiger partial charge in [0.15, 0.2) is 5.96 Å². The maximum Gasteiger partial charge on any atom is 0.280 e. The molecule has 0 aliphatic heterocycles. The lowest BCUT2D eigenvalue weighted by Gasteiger charge is -2.18. The van der Waals surface area contributed by atoms with E-state index in [0.29, 0.717) is 11.5 Å². The number of carbonyl (C=O) groups is 1. The molecule has 4 nitrogen and oxygen atoms in total. The molecule has 98 valence electrons. The number of carbonyl (C=O) groups excluding carboxylic acids is 1. The largest absolute Gasteiger partial charge is 0.370 e. The summed E-state index contributed by atoms with van der Waals surface area (Å²) in [5.74, 6) is 0.122. The number of nitrogens with two attached hydrogens (primary N) is 2. The van der Waals surface area contributed by atoms with Crippen LogP contribution in [-0.4, -0.2) is 11.9 Å². The topological polar surface area (TPSA) is 81.5 Å². The first-order valence-electron chi connectivity index (χ1n) is 6.62. The highest BCUT2D eigenvalue weighted by molar-refractivity contribution is 6.02. The van der Waals surface area contributed by atoms with E-state index in [9.17, 15) is 4.79 Å². The van der Waals surface area contributed by atoms with Gasteiger partial charge in [0.05, 0.1) is 0 Å². The molecular weight excluding hydrogens is 238 g/mol. The highest BCUT2D eigenvalue weighted by Gasteiger charge is 2.29. The van der Waals surface area contributed by atoms with Crippen LogP contribution in [0.15, 0.2) is 29.3 Å². The van der Waals surface area contributed by atoms with Gasteiger partial charge in [-0.1, -0.05) is 12.1 Å². The summed E-state index contributed by atoms with van der Waals surface area (Å²) in [6.07, 6.45) is 6.98. The zero-order valence-electron chi connectivity index (χ0n) is 10.7. The van der Waals surface area contributed by atoms with Gasteiger partial charge in [-0.15, -0.1) is 0 Å². The van der Waals surface area contributed by atoms with Crippen molar-refractivity contribution in [2.75, 3.05) is 0 Å². The van der Waals surface area contributed by atoms with Crippen LogP contribution in [0.1, 0.15) is 40.7 Å². The number of hydrogen-bond acceptors (Lipinski definition) is 1. The fourth-order valence-corrected chi connectivity index (χ4v) is 2.65. The van der Waals surface area contributed by atoms with Crippen LogP contribution in [0.4, 0.5) is 0 Å². The summed E-state index contributed by atoms with van der Waals surface area (Å²) in [6.45, 7) is 0. The third-order valence-electron chi connectivity index (χ3n) is 3.69. The molecule has 1 aromatic rings. The Morgan fingerprint density at radius 2 is 2.05 bits per heavy atom. The molecule has 3 rings (SSSR count). The van der Waals surface area contributed by atoms with Crippen LogP contribution in [0, 0.1) is 5.92 Å². The maximum atomic E-state index is 11.9. The van der Waals surface area contributed by atoms with E-state index in [1.165, 1.54) is 29.5 Å². The van der Waals surface area contributed by atoms with E-state index in [4.69, 9.17) is 11.5 Å². The Hall–Kier alpha value is -2.10. The molecule has 4 heteroatoms. The molecular formula is C15H17N3O. The Morgan fingerprint density at radius 1 is 1.26 bits per heavy atom. The van der Waals surface area contributed by atoms with Gasteiger partial charge in [-0.3, -0.25) is 4.79 Å². The monoisotopic (exact) mass is 255 g/mol. The van der Waals surface area contributed by atoms with Crippen LogP contribution in [0.25, 0.3) is 5.57 Å². The molecule has 2 aliphatic rings. The smallest absolute Gasteiger partial charge is 0.280 e. The first kappa shape index (κ1) is 12.0. The van der Waals surface area contributed by atoms with E-state index in [-0.39, 0.29) is 11.9 Å². The summed E-state index contributed by atoms with van der Waals surface area (Å²) in [4.78, 5) is 15.5. The molecule has 2 aliphatic carbocycles. The van der Waals surface area contributed by atoms with Gasteiger partial charge in [-0.05, 0) is 60.4 Å². The fraction of sp³-hybridized carbons (Fsp3) is 0.333. The molecule has 1 aromatic carbocycles. The quantitative estimate of drug-likeness (QED) is 0.625. The molecule has 0 aromatic heterocycles. The van der Waals surface area contributed by atoms with E-state index in [1.807, 2.05) is 18.2 Å². The van der Waals surface area contributed by atoms with Gasteiger partial charge < -0.3 is 11.5 Å². The predicted octanol–water partition coefficient (Wildman–Crippen LogP) is 1.84. The van der Waals surface area contributed by atoms with Crippen molar-refractivity contribution in [2.45, 2.75) is 25.7 Å². The van der Waals surface area contributed by atoms with Crippen molar-refractivity contribution < 1.29 is 4.79 Å². The van der Waals surface area contributed by atoms with Crippen molar-refractivity contribution in [3.63, 3.8) is 0 Å². The molecule has 1 fully saturated rings. The number of nitrogens with zero attached hydrogens (tertiary/aromatic N) is 1. The minimum Gasteiger partial charge on any atom is -0.370 e. The summed E-state index contributed by atoms with van der Waals surface area (Å²) in [7, 11) is 0. The molecule has 1 amide bonds. The zero-order valence-corrected chi connectivity index (χ0v) is 10.7. The molecule has 0 radical (unpaired) electrons. The van der Waals surface area contributed by atoms with Crippen LogP contribution < -0.4 is 11.5 Å². The lowest BCUT2D eigenvalue weighted by atomic mass is 9.87. The zero-order chi connectivity index (χ0) is 13.4. The molecule has 19 heavy (non-hydrogen) atoms. The minimum absolute atomic E-state index is 0.194. The van der Waals surface area contributed by atoms with Crippen LogP contribution in [-0.2, 0) is 6.42 Å². The average Bonchev–Trinajstić information content (AvgIpc) is 3.21. The third-order valence-corrected chi connectivity index (χ3v) is 3.69. The first-order chi connectivity index (χ1) is 9.15. The fourth-order valence-electron chi connectivity index (χ4n) is 2.65. The standard InChI is InChI=1S/C15H17N3O/c16-15(17)18-14(19)11-7-6-9-2-1-3-12(10-4-5-10)13(9)8-11/h3,6-8,10H,1-2,4-5H2,(H4,16,17,18,19). The van der Waals surface area contributed by atoms with Crippen LogP contribution in [0.2, 0.25) is 0 Å². The maximum absolute atomic E-state index is 11.9. The van der Waals surface area contributed by atoms with Crippen LogP contribution in [0.5, 0.6) is 0 Å². The van der Waals surface area contributed by atoms with E-state index >= 15 is 0 Å². The molecule has 0 bridgehead atoms. The Morgan fingerprint density at radius 3 is 2.74 bits per heavy atom. The van der Waals surface area contributed by atoms with Crippen molar-refractivity contribution in [3.8, 4) is 0 Å². The lowest BCUT2D eigenvalue weighted by Crippen LogP contribution is -2.24. The van der Waals surface area contributed by atoms with Gasteiger partial charge in [-0.25, -0.2) is 0 Å². The lowest BCUT2D eigenvalue weighted by molar-refractivity contribution is 0.100. The molecule has 0 spiro atoms. The number of amides is 1. The number of allylic oxidation sites excluding steroid dienone is 2. The summed E-state index contributed by atoms with van der Waals surface area (Å²) in [6, 6.07) is 5.77. The van der Waals surface area contributed by atoms with Gasteiger partial charge in [0, 0.05) is 5.56 Å². The number of fused-ring (bicyclic) bond motifs is 1. The molecule has 1 saturated carbocycles. The van der Waals surface area contributed by atoms with Gasteiger partial charge in [-0.2, -0.15) is 4.99 Å². The minimum atomic E-state index is -0.372. The van der Waals surface area contributed by atoms with Crippen molar-refractivity contribution in [1.29, 1.82) is 0 Å². The second-order valence-electron chi connectivity index (χ2n) is 5.19. The van der Waals surface area contributed by atoms with Gasteiger partial charge >= 0.3 is 0 Å². The summed E-state index contributed by atoms with van der Waals surface area (Å²) >= 11 is 0. The first-order valence-corrected chi connectivity index (χ1v) is 6.62. The second-order valence-corrected chi connectivity index (χ2v) is 5.19. The van der Waals surface area contributed by atoms with E-state index in [1.54, 1.807) is 0 Å². The number of hydrogen-bond donors (Lipinski definition) is 2. The van der Waals surface area contributed by atoms with E-state index < -0.39 is 0 Å². The van der Waals surface area contributed by atoms with Crippen molar-refractivity contribution in [3.05, 3.63) is 41.0 Å². The SMILES string of the molecule is NC(N)=NC(=O)c1ccc2c(c1)C(C1CC1)=CCC2. The average molecular weight is 255 g/mol. The van der Waals surface area contributed by atoms with Crippen molar-refractivity contribution in [1.82, 2.24) is 0 Å². The summed E-state index contributed by atoms with van der Waals surface area (Å²) in [5.41, 5.74) is 15.0. The molecule has 0 unspecified atom stereocenters. The van der Waals surface area contributed by atoms with Gasteiger partial charge in [0.2, 0.25) is 0 Å². The summed E-state index contributed by atoms with van der Waals surface area (Å²) < 4.78 is 0. The Kier molecular flexibility index (Phi) is 2.85. The predicted molar refractivity (Wildman–Crippen MR) is 75.6 cm³/mol. The number of guanidine groups is 1. The Balaban J connectivity index is 1.99. The van der Waals surface area contributed by atoms with Gasteiger partial charge in [0.25, 0.3) is 5.91 Å². The highest BCUT2D eigenvalue weighted by Crippen LogP contribution is 2.45. The van der Waals surface area contributed by atoms with Crippen molar-refractivity contribution in [2.24, 2.45) is 22.4 Å². The Labute approximate surface area is 112 Å². The molecule has 0 heterocycles. The van der Waals surface area contributed by atoms with E-state index in [2.05, 4.69) is 11.1 Å². The second kappa shape index (κ2) is 4.53. The number of benzene rings is 1. The molecule has 0 atom stereocenters. The normalized spacial score (nSPS) is 17.4. The third kappa shape index (κ3) is 2.38. The Bertz CT molecular complexity index is 593. The molecule has 4 N–H and O–H groups in total. The summed E-state index contributed by atoms with van der Waals surface area (Å²) in [5, 5.41) is 0. The number of rotatable bonds is 2.